The molecule has 0 N–H and O–H groups in total. The molecule has 0 bridgehead atoms. The number of aromatic nitrogens is 3. The van der Waals surface area contributed by atoms with E-state index in [4.69, 9.17) is 4.52 Å². The van der Waals surface area contributed by atoms with E-state index in [1.807, 2.05) is 24.7 Å². The Balaban J connectivity index is 1.46. The van der Waals surface area contributed by atoms with E-state index >= 15 is 0 Å². The van der Waals surface area contributed by atoms with Crippen molar-refractivity contribution < 1.29 is 9.32 Å². The van der Waals surface area contributed by atoms with E-state index in [0.717, 1.165) is 68.9 Å². The molecule has 2 fully saturated rings. The minimum atomic E-state index is -0.0183. The van der Waals surface area contributed by atoms with E-state index < -0.39 is 0 Å². The number of nitrogens with zero attached hydrogens (tertiary/aromatic N) is 5. The number of aryl methyl sites for hydroxylation is 3. The molecule has 4 heterocycles. The highest BCUT2D eigenvalue weighted by Crippen LogP contribution is 2.40. The molecule has 2 aliphatic rings. The third-order valence-corrected chi connectivity index (χ3v) is 6.60. The molecule has 2 aliphatic heterocycles. The van der Waals surface area contributed by atoms with Gasteiger partial charge in [0.2, 0.25) is 5.91 Å². The van der Waals surface area contributed by atoms with Crippen LogP contribution in [0.2, 0.25) is 0 Å². The zero-order chi connectivity index (χ0) is 19.7. The van der Waals surface area contributed by atoms with Gasteiger partial charge in [-0.05, 0) is 53.0 Å². The lowest BCUT2D eigenvalue weighted by atomic mass is 9.87. The minimum Gasteiger partial charge on any atom is -0.361 e. The van der Waals surface area contributed by atoms with E-state index in [0.29, 0.717) is 13.0 Å². The second-order valence-electron chi connectivity index (χ2n) is 8.34. The monoisotopic (exact) mass is 385 g/mol. The molecule has 7 heteroatoms. The first-order valence-corrected chi connectivity index (χ1v) is 10.5. The van der Waals surface area contributed by atoms with E-state index in [-0.39, 0.29) is 11.4 Å². The quantitative estimate of drug-likeness (QED) is 0.791. The van der Waals surface area contributed by atoms with Gasteiger partial charge in [-0.2, -0.15) is 5.10 Å². The van der Waals surface area contributed by atoms with Crippen LogP contribution < -0.4 is 0 Å². The molecule has 0 saturated carbocycles. The fourth-order valence-corrected chi connectivity index (χ4v) is 4.85. The first-order valence-electron chi connectivity index (χ1n) is 10.5. The smallest absolute Gasteiger partial charge is 0.223 e. The highest BCUT2D eigenvalue weighted by atomic mass is 16.5. The van der Waals surface area contributed by atoms with Gasteiger partial charge in [0.15, 0.2) is 0 Å². The summed E-state index contributed by atoms with van der Waals surface area (Å²) in [7, 11) is 0. The maximum Gasteiger partial charge on any atom is 0.223 e. The van der Waals surface area contributed by atoms with Crippen molar-refractivity contribution in [1.82, 2.24) is 24.7 Å². The first kappa shape index (κ1) is 19.2. The summed E-state index contributed by atoms with van der Waals surface area (Å²) in [4.78, 5) is 17.4. The van der Waals surface area contributed by atoms with Crippen molar-refractivity contribution >= 4 is 5.91 Å². The minimum absolute atomic E-state index is 0.0183. The van der Waals surface area contributed by atoms with Crippen molar-refractivity contribution in [2.24, 2.45) is 0 Å². The van der Waals surface area contributed by atoms with Crippen LogP contribution in [0, 0.1) is 13.8 Å². The van der Waals surface area contributed by atoms with Gasteiger partial charge in [-0.3, -0.25) is 14.4 Å². The van der Waals surface area contributed by atoms with Crippen molar-refractivity contribution in [3.05, 3.63) is 35.0 Å². The second kappa shape index (κ2) is 7.70. The lowest BCUT2D eigenvalue weighted by molar-refractivity contribution is -0.132. The Hall–Kier alpha value is -2.15. The van der Waals surface area contributed by atoms with Crippen LogP contribution in [0.4, 0.5) is 0 Å². The molecule has 0 unspecified atom stereocenters. The maximum absolute atomic E-state index is 12.8. The Labute approximate surface area is 166 Å². The molecule has 4 rings (SSSR count). The van der Waals surface area contributed by atoms with Crippen LogP contribution in [0.3, 0.4) is 0 Å². The van der Waals surface area contributed by atoms with Crippen molar-refractivity contribution in [3.8, 4) is 0 Å². The number of hydrogen-bond acceptors (Lipinski definition) is 5. The predicted octanol–water partition coefficient (Wildman–Crippen LogP) is 3.06. The summed E-state index contributed by atoms with van der Waals surface area (Å²) < 4.78 is 7.31. The molecule has 152 valence electrons. The molecule has 1 spiro atoms. The predicted molar refractivity (Wildman–Crippen MR) is 106 cm³/mol. The van der Waals surface area contributed by atoms with Gasteiger partial charge in [-0.1, -0.05) is 5.16 Å². The van der Waals surface area contributed by atoms with Crippen molar-refractivity contribution in [2.45, 2.75) is 78.0 Å². The molecule has 0 radical (unpaired) electrons. The molecule has 7 nitrogen and oxygen atoms in total. The van der Waals surface area contributed by atoms with Gasteiger partial charge in [-0.15, -0.1) is 0 Å². The number of carbonyl (C=O) groups is 1. The highest BCUT2D eigenvalue weighted by molar-refractivity contribution is 5.79. The molecule has 0 aliphatic carbocycles. The molecule has 1 atom stereocenters. The van der Waals surface area contributed by atoms with Gasteiger partial charge in [0.05, 0.1) is 18.4 Å². The van der Waals surface area contributed by atoms with Crippen LogP contribution in [0.25, 0.3) is 0 Å². The fraction of sp³-hybridized carbons (Fsp3) is 0.667. The van der Waals surface area contributed by atoms with Crippen molar-refractivity contribution in [2.75, 3.05) is 13.1 Å². The Morgan fingerprint density at radius 2 is 2.04 bits per heavy atom. The van der Waals surface area contributed by atoms with Crippen LogP contribution in [-0.4, -0.2) is 49.3 Å². The Kier molecular flexibility index (Phi) is 5.27. The molecular weight excluding hydrogens is 354 g/mol. The van der Waals surface area contributed by atoms with Gasteiger partial charge in [0.1, 0.15) is 5.76 Å². The zero-order valence-electron chi connectivity index (χ0n) is 17.3. The van der Waals surface area contributed by atoms with E-state index in [1.54, 1.807) is 0 Å². The summed E-state index contributed by atoms with van der Waals surface area (Å²) in [5, 5.41) is 8.47. The summed E-state index contributed by atoms with van der Waals surface area (Å²) in [5.41, 5.74) is 3.22. The van der Waals surface area contributed by atoms with Gasteiger partial charge in [-0.25, -0.2) is 0 Å². The topological polar surface area (TPSA) is 67.4 Å². The number of carbonyl (C=O) groups excluding carboxylic acids is 1. The van der Waals surface area contributed by atoms with Crippen molar-refractivity contribution in [3.63, 3.8) is 0 Å². The van der Waals surface area contributed by atoms with Crippen molar-refractivity contribution in [1.29, 1.82) is 0 Å². The Morgan fingerprint density at radius 1 is 1.18 bits per heavy atom. The lowest BCUT2D eigenvalue weighted by Gasteiger charge is -2.38. The van der Waals surface area contributed by atoms with Crippen LogP contribution in [0.15, 0.2) is 16.9 Å². The Morgan fingerprint density at radius 3 is 2.75 bits per heavy atom. The maximum atomic E-state index is 12.8. The molecule has 2 aromatic heterocycles. The van der Waals surface area contributed by atoms with E-state index in [9.17, 15) is 4.79 Å². The average Bonchev–Trinajstić information content (AvgIpc) is 3.30. The fourth-order valence-electron chi connectivity index (χ4n) is 4.85. The van der Waals surface area contributed by atoms with Crippen LogP contribution in [0.5, 0.6) is 0 Å². The molecular formula is C21H31N5O2. The number of rotatable bonds is 5. The largest absolute Gasteiger partial charge is 0.361 e. The van der Waals surface area contributed by atoms with Crippen LogP contribution in [0.1, 0.15) is 61.6 Å². The van der Waals surface area contributed by atoms with Gasteiger partial charge >= 0.3 is 0 Å². The normalized spacial score (nSPS) is 23.7. The van der Waals surface area contributed by atoms with E-state index in [2.05, 4.69) is 33.2 Å². The standard InChI is InChI=1S/C21H31N5O2/c1-4-25-14-18(12-22-25)13-24-10-5-7-21(9-11-24)8-6-20(27)26(21)15-19-16(2)23-28-17(19)3/h12,14H,4-11,13,15H2,1-3H3/t21-/m0/s1. The number of likely N-dealkylation sites (tertiary alicyclic amines) is 2. The third kappa shape index (κ3) is 3.60. The second-order valence-corrected chi connectivity index (χ2v) is 8.34. The van der Waals surface area contributed by atoms with Crippen LogP contribution in [-0.2, 0) is 24.4 Å². The molecule has 28 heavy (non-hydrogen) atoms. The summed E-state index contributed by atoms with van der Waals surface area (Å²) in [6.07, 6.45) is 8.98. The van der Waals surface area contributed by atoms with Gasteiger partial charge in [0.25, 0.3) is 0 Å². The van der Waals surface area contributed by atoms with Crippen LogP contribution >= 0.6 is 0 Å². The number of amides is 1. The van der Waals surface area contributed by atoms with Gasteiger partial charge < -0.3 is 9.42 Å². The summed E-state index contributed by atoms with van der Waals surface area (Å²) in [5.74, 6) is 1.10. The average molecular weight is 386 g/mol. The molecule has 2 aromatic rings. The van der Waals surface area contributed by atoms with E-state index in [1.165, 1.54) is 5.56 Å². The molecule has 1 amide bonds. The summed E-state index contributed by atoms with van der Waals surface area (Å²) in [6, 6.07) is 0. The van der Waals surface area contributed by atoms with Gasteiger partial charge in [0, 0.05) is 48.9 Å². The molecule has 2 saturated heterocycles. The zero-order valence-corrected chi connectivity index (χ0v) is 17.3. The Bertz CT molecular complexity index is 822. The lowest BCUT2D eigenvalue weighted by Crippen LogP contribution is -2.46. The highest BCUT2D eigenvalue weighted by Gasteiger charge is 2.46. The summed E-state index contributed by atoms with van der Waals surface area (Å²) in [6.45, 7) is 10.6. The number of hydrogen-bond donors (Lipinski definition) is 0. The first-order chi connectivity index (χ1) is 13.5. The SMILES string of the molecule is CCn1cc(CN2CCC[C@]3(CCC(=O)N3Cc3c(C)noc3C)CC2)cn1. The third-order valence-electron chi connectivity index (χ3n) is 6.60. The molecule has 0 aromatic carbocycles. The summed E-state index contributed by atoms with van der Waals surface area (Å²) >= 11 is 0.